The normalized spacial score (nSPS) is 22.0. The molecule has 30 heavy (non-hydrogen) atoms. The summed E-state index contributed by atoms with van der Waals surface area (Å²) >= 11 is 0. The van der Waals surface area contributed by atoms with E-state index in [2.05, 4.69) is 10.6 Å². The number of nitrogens with zero attached hydrogens (tertiary/aromatic N) is 1. The Morgan fingerprint density at radius 2 is 1.97 bits per heavy atom. The lowest BCUT2D eigenvalue weighted by Crippen LogP contribution is -2.65. The minimum absolute atomic E-state index is 0.0876. The highest BCUT2D eigenvalue weighted by Gasteiger charge is 2.49. The van der Waals surface area contributed by atoms with Crippen LogP contribution in [0.2, 0.25) is 0 Å². The fourth-order valence-electron chi connectivity index (χ4n) is 4.16. The number of amides is 3. The van der Waals surface area contributed by atoms with Crippen molar-refractivity contribution >= 4 is 17.6 Å². The number of rotatable bonds is 4. The van der Waals surface area contributed by atoms with Gasteiger partial charge in [-0.3, -0.25) is 9.69 Å². The topological polar surface area (TPSA) is 83.8 Å². The van der Waals surface area contributed by atoms with E-state index in [0.717, 1.165) is 11.3 Å². The fourth-order valence-corrected chi connectivity index (χ4v) is 4.16. The largest absolute Gasteiger partial charge is 0.467 e. The molecule has 3 aromatic rings. The smallest absolute Gasteiger partial charge is 0.325 e. The molecule has 2 N–H and O–H groups in total. The van der Waals surface area contributed by atoms with Gasteiger partial charge in [0, 0.05) is 23.2 Å². The minimum Gasteiger partial charge on any atom is -0.467 e. The third-order valence-corrected chi connectivity index (χ3v) is 5.57. The molecule has 2 atom stereocenters. The SMILES string of the molecule is C[C@@]12C[C@@H](NC(=O)N1c1ccc(C(=O)NCc3ccco3)cc1)c1ccccc1O2. The summed E-state index contributed by atoms with van der Waals surface area (Å²) in [6.45, 7) is 2.23. The molecule has 152 valence electrons. The summed E-state index contributed by atoms with van der Waals surface area (Å²) in [4.78, 5) is 26.9. The van der Waals surface area contributed by atoms with Gasteiger partial charge in [0.1, 0.15) is 11.5 Å². The van der Waals surface area contributed by atoms with E-state index in [1.54, 1.807) is 47.6 Å². The van der Waals surface area contributed by atoms with E-state index in [9.17, 15) is 9.59 Å². The van der Waals surface area contributed by atoms with Crippen molar-refractivity contribution in [3.05, 3.63) is 83.8 Å². The summed E-state index contributed by atoms with van der Waals surface area (Å²) in [6, 6.07) is 17.9. The summed E-state index contributed by atoms with van der Waals surface area (Å²) < 4.78 is 11.5. The molecular weight excluding hydrogens is 382 g/mol. The molecule has 2 aliphatic rings. The summed E-state index contributed by atoms with van der Waals surface area (Å²) in [6.07, 6.45) is 2.19. The molecule has 0 radical (unpaired) electrons. The molecule has 2 aromatic carbocycles. The number of benzene rings is 2. The molecule has 5 rings (SSSR count). The van der Waals surface area contributed by atoms with Crippen LogP contribution in [-0.4, -0.2) is 17.7 Å². The second-order valence-electron chi connectivity index (χ2n) is 7.67. The van der Waals surface area contributed by atoms with Crippen LogP contribution >= 0.6 is 0 Å². The summed E-state index contributed by atoms with van der Waals surface area (Å²) in [5.41, 5.74) is 1.34. The van der Waals surface area contributed by atoms with Crippen LogP contribution < -0.4 is 20.3 Å². The van der Waals surface area contributed by atoms with Crippen LogP contribution in [0.25, 0.3) is 0 Å². The van der Waals surface area contributed by atoms with E-state index in [0.29, 0.717) is 30.0 Å². The summed E-state index contributed by atoms with van der Waals surface area (Å²) in [5.74, 6) is 1.24. The molecule has 0 saturated carbocycles. The molecule has 7 nitrogen and oxygen atoms in total. The maximum absolute atomic E-state index is 12.9. The van der Waals surface area contributed by atoms with Gasteiger partial charge in [0.2, 0.25) is 0 Å². The first-order valence-electron chi connectivity index (χ1n) is 9.83. The quantitative estimate of drug-likeness (QED) is 0.690. The predicted octanol–water partition coefficient (Wildman–Crippen LogP) is 3.98. The minimum atomic E-state index is -0.815. The first kappa shape index (κ1) is 18.3. The van der Waals surface area contributed by atoms with Gasteiger partial charge in [0.05, 0.1) is 18.8 Å². The zero-order valence-electron chi connectivity index (χ0n) is 16.4. The van der Waals surface area contributed by atoms with Crippen molar-refractivity contribution in [2.75, 3.05) is 4.90 Å². The van der Waals surface area contributed by atoms with Gasteiger partial charge < -0.3 is 19.8 Å². The van der Waals surface area contributed by atoms with Crippen LogP contribution in [0.15, 0.2) is 71.3 Å². The molecule has 0 spiro atoms. The number of para-hydroxylation sites is 1. The van der Waals surface area contributed by atoms with Gasteiger partial charge in [-0.25, -0.2) is 4.79 Å². The lowest BCUT2D eigenvalue weighted by atomic mass is 9.90. The highest BCUT2D eigenvalue weighted by Crippen LogP contribution is 2.45. The van der Waals surface area contributed by atoms with E-state index >= 15 is 0 Å². The van der Waals surface area contributed by atoms with Crippen molar-refractivity contribution in [1.29, 1.82) is 0 Å². The van der Waals surface area contributed by atoms with E-state index in [1.165, 1.54) is 0 Å². The van der Waals surface area contributed by atoms with E-state index in [1.807, 2.05) is 31.2 Å². The molecule has 1 saturated heterocycles. The molecule has 1 fully saturated rings. The van der Waals surface area contributed by atoms with Gasteiger partial charge in [-0.2, -0.15) is 0 Å². The monoisotopic (exact) mass is 403 g/mol. The number of anilines is 1. The molecule has 1 aromatic heterocycles. The maximum Gasteiger partial charge on any atom is 0.325 e. The van der Waals surface area contributed by atoms with Gasteiger partial charge >= 0.3 is 6.03 Å². The van der Waals surface area contributed by atoms with Gasteiger partial charge in [0.15, 0.2) is 5.72 Å². The number of hydrogen-bond acceptors (Lipinski definition) is 4. The number of ether oxygens (including phenoxy) is 1. The highest BCUT2D eigenvalue weighted by molar-refractivity contribution is 5.97. The van der Waals surface area contributed by atoms with Gasteiger partial charge in [-0.15, -0.1) is 0 Å². The molecule has 3 amide bonds. The highest BCUT2D eigenvalue weighted by atomic mass is 16.5. The first-order chi connectivity index (χ1) is 14.5. The molecule has 2 aliphatic heterocycles. The van der Waals surface area contributed by atoms with Crippen LogP contribution in [0.3, 0.4) is 0 Å². The Balaban J connectivity index is 1.36. The lowest BCUT2D eigenvalue weighted by Gasteiger charge is -2.50. The zero-order valence-corrected chi connectivity index (χ0v) is 16.4. The third-order valence-electron chi connectivity index (χ3n) is 5.57. The van der Waals surface area contributed by atoms with Crippen LogP contribution in [0.4, 0.5) is 10.5 Å². The lowest BCUT2D eigenvalue weighted by molar-refractivity contribution is 0.0379. The Morgan fingerprint density at radius 3 is 2.73 bits per heavy atom. The van der Waals surface area contributed by atoms with Crippen LogP contribution in [0.1, 0.15) is 41.1 Å². The number of furan rings is 1. The number of carbonyl (C=O) groups is 2. The van der Waals surface area contributed by atoms with E-state index in [-0.39, 0.29) is 18.0 Å². The van der Waals surface area contributed by atoms with Crippen molar-refractivity contribution in [1.82, 2.24) is 10.6 Å². The average Bonchev–Trinajstić information content (AvgIpc) is 3.25. The number of hydrogen-bond donors (Lipinski definition) is 2. The van der Waals surface area contributed by atoms with E-state index in [4.69, 9.17) is 9.15 Å². The Kier molecular flexibility index (Phi) is 4.24. The molecule has 3 heterocycles. The Bertz CT molecular complexity index is 1090. The van der Waals surface area contributed by atoms with Crippen LogP contribution in [0, 0.1) is 0 Å². The maximum atomic E-state index is 12.9. The number of fused-ring (bicyclic) bond motifs is 4. The van der Waals surface area contributed by atoms with Gasteiger partial charge in [0.25, 0.3) is 5.91 Å². The Morgan fingerprint density at radius 1 is 1.17 bits per heavy atom. The second kappa shape index (κ2) is 6.95. The van der Waals surface area contributed by atoms with Gasteiger partial charge in [-0.1, -0.05) is 18.2 Å². The molecular formula is C23H21N3O4. The number of carbonyl (C=O) groups excluding carboxylic acids is 2. The zero-order chi connectivity index (χ0) is 20.7. The summed E-state index contributed by atoms with van der Waals surface area (Å²) in [5, 5.41) is 5.88. The standard InChI is InChI=1S/C23H21N3O4/c1-23-13-19(18-6-2-3-7-20(18)30-23)25-22(28)26(23)16-10-8-15(9-11-16)21(27)24-14-17-5-4-12-29-17/h2-12,19H,13-14H2,1H3,(H,24,27)(H,25,28)/t19-,23-/m1/s1. The molecule has 7 heteroatoms. The van der Waals surface area contributed by atoms with E-state index < -0.39 is 5.72 Å². The Hall–Kier alpha value is -3.74. The second-order valence-corrected chi connectivity index (χ2v) is 7.67. The predicted molar refractivity (Wildman–Crippen MR) is 110 cm³/mol. The third kappa shape index (κ3) is 3.08. The number of urea groups is 1. The van der Waals surface area contributed by atoms with Gasteiger partial charge in [-0.05, 0) is 49.4 Å². The molecule has 0 aliphatic carbocycles. The van der Waals surface area contributed by atoms with Crippen molar-refractivity contribution in [3.63, 3.8) is 0 Å². The van der Waals surface area contributed by atoms with Crippen molar-refractivity contribution in [2.24, 2.45) is 0 Å². The molecule has 2 bridgehead atoms. The fraction of sp³-hybridized carbons (Fsp3) is 0.217. The Labute approximate surface area is 173 Å². The van der Waals surface area contributed by atoms with Crippen LogP contribution in [0.5, 0.6) is 5.75 Å². The van der Waals surface area contributed by atoms with Crippen molar-refractivity contribution < 1.29 is 18.7 Å². The van der Waals surface area contributed by atoms with Crippen molar-refractivity contribution in [2.45, 2.75) is 31.7 Å². The molecule has 0 unspecified atom stereocenters. The van der Waals surface area contributed by atoms with Crippen molar-refractivity contribution in [3.8, 4) is 5.75 Å². The first-order valence-corrected chi connectivity index (χ1v) is 9.83. The van der Waals surface area contributed by atoms with Crippen LogP contribution in [-0.2, 0) is 6.54 Å². The summed E-state index contributed by atoms with van der Waals surface area (Å²) in [7, 11) is 0. The number of nitrogens with one attached hydrogen (secondary N) is 2. The average molecular weight is 403 g/mol.